The SMILES string of the molecule is COc1cccc(CCNCc2ccc(C(C)C)cc2)c1. The summed E-state index contributed by atoms with van der Waals surface area (Å²) in [6, 6.07) is 17.1. The molecule has 0 bridgehead atoms. The Morgan fingerprint density at radius 3 is 2.43 bits per heavy atom. The van der Waals surface area contributed by atoms with Gasteiger partial charge in [-0.15, -0.1) is 0 Å². The molecule has 2 rings (SSSR count). The maximum absolute atomic E-state index is 5.24. The van der Waals surface area contributed by atoms with Crippen molar-refractivity contribution < 1.29 is 4.74 Å². The van der Waals surface area contributed by atoms with Crippen molar-refractivity contribution in [3.63, 3.8) is 0 Å². The predicted molar refractivity (Wildman–Crippen MR) is 88.9 cm³/mol. The summed E-state index contributed by atoms with van der Waals surface area (Å²) in [6.07, 6.45) is 1.02. The zero-order valence-corrected chi connectivity index (χ0v) is 13.2. The Morgan fingerprint density at radius 1 is 1.00 bits per heavy atom. The highest BCUT2D eigenvalue weighted by Gasteiger charge is 1.99. The first kappa shape index (κ1) is 15.6. The van der Waals surface area contributed by atoms with Crippen molar-refractivity contribution in [2.75, 3.05) is 13.7 Å². The van der Waals surface area contributed by atoms with Gasteiger partial charge in [-0.3, -0.25) is 0 Å². The van der Waals surface area contributed by atoms with E-state index in [4.69, 9.17) is 4.74 Å². The van der Waals surface area contributed by atoms with Crippen molar-refractivity contribution in [2.24, 2.45) is 0 Å². The standard InChI is InChI=1S/C19H25NO/c1-15(2)18-9-7-17(8-10-18)14-20-12-11-16-5-4-6-19(13-16)21-3/h4-10,13,15,20H,11-12,14H2,1-3H3. The molecule has 2 nitrogen and oxygen atoms in total. The fourth-order valence-electron chi connectivity index (χ4n) is 2.31. The molecular formula is C19H25NO. The van der Waals surface area contributed by atoms with E-state index < -0.39 is 0 Å². The van der Waals surface area contributed by atoms with Gasteiger partial charge in [0.1, 0.15) is 5.75 Å². The van der Waals surface area contributed by atoms with Crippen LogP contribution in [0, 0.1) is 0 Å². The van der Waals surface area contributed by atoms with Gasteiger partial charge >= 0.3 is 0 Å². The molecule has 0 saturated carbocycles. The number of nitrogens with one attached hydrogen (secondary N) is 1. The Kier molecular flexibility index (Phi) is 5.82. The molecule has 0 amide bonds. The molecule has 1 N–H and O–H groups in total. The van der Waals surface area contributed by atoms with Gasteiger partial charge in [-0.25, -0.2) is 0 Å². The minimum absolute atomic E-state index is 0.597. The average Bonchev–Trinajstić information content (AvgIpc) is 2.52. The summed E-state index contributed by atoms with van der Waals surface area (Å²) in [5, 5.41) is 3.50. The first-order valence-electron chi connectivity index (χ1n) is 7.61. The summed E-state index contributed by atoms with van der Waals surface area (Å²) in [7, 11) is 1.71. The van der Waals surface area contributed by atoms with Crippen LogP contribution in [0.3, 0.4) is 0 Å². The highest BCUT2D eigenvalue weighted by molar-refractivity contribution is 5.28. The Balaban J connectivity index is 1.76. The minimum Gasteiger partial charge on any atom is -0.497 e. The van der Waals surface area contributed by atoms with Gasteiger partial charge in [0.15, 0.2) is 0 Å². The minimum atomic E-state index is 0.597. The maximum atomic E-state index is 5.24. The molecule has 0 aromatic heterocycles. The molecule has 21 heavy (non-hydrogen) atoms. The van der Waals surface area contributed by atoms with Gasteiger partial charge in [0.25, 0.3) is 0 Å². The number of ether oxygens (including phenoxy) is 1. The first-order chi connectivity index (χ1) is 10.2. The Labute approximate surface area is 128 Å². The van der Waals surface area contributed by atoms with E-state index in [0.717, 1.165) is 25.3 Å². The van der Waals surface area contributed by atoms with Crippen molar-refractivity contribution in [1.82, 2.24) is 5.32 Å². The van der Waals surface area contributed by atoms with Gasteiger partial charge in [0.05, 0.1) is 7.11 Å². The first-order valence-corrected chi connectivity index (χ1v) is 7.61. The monoisotopic (exact) mass is 283 g/mol. The van der Waals surface area contributed by atoms with Gasteiger partial charge in [0, 0.05) is 6.54 Å². The third-order valence-electron chi connectivity index (χ3n) is 3.70. The van der Waals surface area contributed by atoms with Gasteiger partial charge in [0.2, 0.25) is 0 Å². The normalized spacial score (nSPS) is 10.9. The molecule has 0 saturated heterocycles. The fourth-order valence-corrected chi connectivity index (χ4v) is 2.31. The molecule has 0 heterocycles. The molecule has 0 aliphatic carbocycles. The Bertz CT molecular complexity index is 546. The van der Waals surface area contributed by atoms with E-state index in [-0.39, 0.29) is 0 Å². The largest absolute Gasteiger partial charge is 0.497 e. The molecule has 0 atom stereocenters. The van der Waals surface area contributed by atoms with Gasteiger partial charge in [-0.05, 0) is 47.7 Å². The molecule has 0 aliphatic rings. The highest BCUT2D eigenvalue weighted by Crippen LogP contribution is 2.15. The summed E-state index contributed by atoms with van der Waals surface area (Å²) < 4.78 is 5.24. The summed E-state index contributed by atoms with van der Waals surface area (Å²) in [5.41, 5.74) is 4.04. The van der Waals surface area contributed by atoms with Gasteiger partial charge < -0.3 is 10.1 Å². The lowest BCUT2D eigenvalue weighted by Gasteiger charge is -2.09. The zero-order chi connectivity index (χ0) is 15.1. The number of methoxy groups -OCH3 is 1. The highest BCUT2D eigenvalue weighted by atomic mass is 16.5. The molecule has 112 valence electrons. The number of hydrogen-bond acceptors (Lipinski definition) is 2. The molecule has 0 aliphatic heterocycles. The van der Waals surface area contributed by atoms with Crippen LogP contribution in [0.5, 0.6) is 5.75 Å². The third-order valence-corrected chi connectivity index (χ3v) is 3.70. The van der Waals surface area contributed by atoms with Crippen LogP contribution in [0.4, 0.5) is 0 Å². The summed E-state index contributed by atoms with van der Waals surface area (Å²) in [5.74, 6) is 1.52. The van der Waals surface area contributed by atoms with Crippen LogP contribution in [0.2, 0.25) is 0 Å². The molecule has 0 spiro atoms. The molecule has 0 fully saturated rings. The average molecular weight is 283 g/mol. The van der Waals surface area contributed by atoms with Crippen molar-refractivity contribution in [3.8, 4) is 5.75 Å². The lowest BCUT2D eigenvalue weighted by molar-refractivity contribution is 0.414. The molecule has 0 radical (unpaired) electrons. The van der Waals surface area contributed by atoms with Crippen LogP contribution in [0.15, 0.2) is 48.5 Å². The van der Waals surface area contributed by atoms with Crippen LogP contribution in [-0.2, 0) is 13.0 Å². The van der Waals surface area contributed by atoms with E-state index in [9.17, 15) is 0 Å². The van der Waals surface area contributed by atoms with E-state index >= 15 is 0 Å². The van der Waals surface area contributed by atoms with E-state index in [1.807, 2.05) is 12.1 Å². The lowest BCUT2D eigenvalue weighted by atomic mass is 10.0. The molecule has 0 unspecified atom stereocenters. The Hall–Kier alpha value is -1.80. The summed E-state index contributed by atoms with van der Waals surface area (Å²) in [6.45, 7) is 6.34. The number of benzene rings is 2. The van der Waals surface area contributed by atoms with E-state index in [1.54, 1.807) is 7.11 Å². The van der Waals surface area contributed by atoms with E-state index in [1.165, 1.54) is 16.7 Å². The van der Waals surface area contributed by atoms with Crippen LogP contribution >= 0.6 is 0 Å². The maximum Gasteiger partial charge on any atom is 0.119 e. The van der Waals surface area contributed by atoms with Crippen LogP contribution in [0.25, 0.3) is 0 Å². The van der Waals surface area contributed by atoms with Crippen molar-refractivity contribution in [2.45, 2.75) is 32.7 Å². The molecule has 2 aromatic carbocycles. The number of rotatable bonds is 7. The van der Waals surface area contributed by atoms with Crippen LogP contribution < -0.4 is 10.1 Å². The fraction of sp³-hybridized carbons (Fsp3) is 0.368. The van der Waals surface area contributed by atoms with Crippen molar-refractivity contribution in [3.05, 3.63) is 65.2 Å². The van der Waals surface area contributed by atoms with Crippen molar-refractivity contribution >= 4 is 0 Å². The van der Waals surface area contributed by atoms with E-state index in [2.05, 4.69) is 55.6 Å². The lowest BCUT2D eigenvalue weighted by Crippen LogP contribution is -2.16. The van der Waals surface area contributed by atoms with Gasteiger partial charge in [-0.2, -0.15) is 0 Å². The summed E-state index contributed by atoms with van der Waals surface area (Å²) in [4.78, 5) is 0. The molecule has 2 heteroatoms. The molecule has 2 aromatic rings. The smallest absolute Gasteiger partial charge is 0.119 e. The van der Waals surface area contributed by atoms with Gasteiger partial charge in [-0.1, -0.05) is 50.2 Å². The van der Waals surface area contributed by atoms with Crippen LogP contribution in [-0.4, -0.2) is 13.7 Å². The quantitative estimate of drug-likeness (QED) is 0.771. The van der Waals surface area contributed by atoms with E-state index in [0.29, 0.717) is 5.92 Å². The third kappa shape index (κ3) is 4.91. The Morgan fingerprint density at radius 2 is 1.76 bits per heavy atom. The van der Waals surface area contributed by atoms with Crippen LogP contribution in [0.1, 0.15) is 36.5 Å². The molecular weight excluding hydrogens is 258 g/mol. The van der Waals surface area contributed by atoms with Crippen molar-refractivity contribution in [1.29, 1.82) is 0 Å². The topological polar surface area (TPSA) is 21.3 Å². The second-order valence-electron chi connectivity index (χ2n) is 5.67. The summed E-state index contributed by atoms with van der Waals surface area (Å²) >= 11 is 0. The number of hydrogen-bond donors (Lipinski definition) is 1. The second-order valence-corrected chi connectivity index (χ2v) is 5.67. The predicted octanol–water partition coefficient (Wildman–Crippen LogP) is 4.15. The second kappa shape index (κ2) is 7.84. The zero-order valence-electron chi connectivity index (χ0n) is 13.2.